The van der Waals surface area contributed by atoms with E-state index in [2.05, 4.69) is 27.8 Å². The van der Waals surface area contributed by atoms with Crippen LogP contribution in [0.1, 0.15) is 18.9 Å². The fraction of sp³-hybridized carbons (Fsp3) is 0.538. The average Bonchev–Trinajstić information content (AvgIpc) is 2.30. The van der Waals surface area contributed by atoms with Gasteiger partial charge < -0.3 is 5.73 Å². The summed E-state index contributed by atoms with van der Waals surface area (Å²) in [6.45, 7) is 4.95. The molecule has 1 aliphatic heterocycles. The van der Waals surface area contributed by atoms with Gasteiger partial charge in [-0.2, -0.15) is 0 Å². The maximum Gasteiger partial charge on any atom is 0.137 e. The molecule has 4 heteroatoms. The highest BCUT2D eigenvalue weighted by atomic mass is 79.9. The highest BCUT2D eigenvalue weighted by molar-refractivity contribution is 9.10. The number of benzene rings is 1. The predicted molar refractivity (Wildman–Crippen MR) is 71.1 cm³/mol. The van der Waals surface area contributed by atoms with Gasteiger partial charge in [-0.15, -0.1) is 0 Å². The van der Waals surface area contributed by atoms with Gasteiger partial charge in [0.2, 0.25) is 0 Å². The Bertz CT molecular complexity index is 397. The highest BCUT2D eigenvalue weighted by Gasteiger charge is 2.23. The molecule has 1 heterocycles. The zero-order valence-corrected chi connectivity index (χ0v) is 11.6. The maximum absolute atomic E-state index is 13.4. The number of halogens is 2. The molecule has 2 atom stereocenters. The lowest BCUT2D eigenvalue weighted by Gasteiger charge is -2.35. The minimum absolute atomic E-state index is 0.191. The smallest absolute Gasteiger partial charge is 0.137 e. The molecular weight excluding hydrogens is 283 g/mol. The Morgan fingerprint density at radius 2 is 2.29 bits per heavy atom. The minimum Gasteiger partial charge on any atom is -0.327 e. The number of hydrogen-bond donors (Lipinski definition) is 1. The van der Waals surface area contributed by atoms with Gasteiger partial charge in [-0.25, -0.2) is 4.39 Å². The van der Waals surface area contributed by atoms with E-state index in [0.717, 1.165) is 31.6 Å². The van der Waals surface area contributed by atoms with Crippen LogP contribution in [0.5, 0.6) is 0 Å². The monoisotopic (exact) mass is 300 g/mol. The molecule has 1 saturated heterocycles. The van der Waals surface area contributed by atoms with Crippen molar-refractivity contribution in [3.05, 3.63) is 34.1 Å². The van der Waals surface area contributed by atoms with E-state index in [1.54, 1.807) is 6.07 Å². The molecule has 0 aliphatic carbocycles. The van der Waals surface area contributed by atoms with Gasteiger partial charge in [0.05, 0.1) is 4.47 Å². The third-order valence-electron chi connectivity index (χ3n) is 3.48. The second-order valence-corrected chi connectivity index (χ2v) is 5.67. The molecular formula is C13H18BrFN2. The molecule has 1 aromatic carbocycles. The zero-order chi connectivity index (χ0) is 12.4. The summed E-state index contributed by atoms with van der Waals surface area (Å²) in [5, 5.41) is 0. The van der Waals surface area contributed by atoms with Gasteiger partial charge in [-0.05, 0) is 46.4 Å². The lowest BCUT2D eigenvalue weighted by atomic mass is 9.94. The average molecular weight is 301 g/mol. The van der Waals surface area contributed by atoms with Crippen molar-refractivity contribution in [1.82, 2.24) is 4.90 Å². The van der Waals surface area contributed by atoms with Gasteiger partial charge in [-0.3, -0.25) is 4.90 Å². The predicted octanol–water partition coefficient (Wildman–Crippen LogP) is 2.76. The summed E-state index contributed by atoms with van der Waals surface area (Å²) in [6, 6.07) is 5.51. The highest BCUT2D eigenvalue weighted by Crippen LogP contribution is 2.24. The van der Waals surface area contributed by atoms with Gasteiger partial charge in [0, 0.05) is 19.1 Å². The molecule has 0 spiro atoms. The first-order valence-electron chi connectivity index (χ1n) is 5.98. The van der Waals surface area contributed by atoms with Gasteiger partial charge >= 0.3 is 0 Å². The van der Waals surface area contributed by atoms with Gasteiger partial charge in [0.1, 0.15) is 5.82 Å². The third-order valence-corrected chi connectivity index (χ3v) is 4.37. The van der Waals surface area contributed by atoms with Crippen molar-refractivity contribution in [3.8, 4) is 0 Å². The van der Waals surface area contributed by atoms with Gasteiger partial charge in [-0.1, -0.05) is 19.1 Å². The summed E-state index contributed by atoms with van der Waals surface area (Å²) >= 11 is 3.31. The molecule has 17 heavy (non-hydrogen) atoms. The standard InChI is InChI=1S/C13H18BrFN2/c1-9-7-17(6-5-12(9)16)8-10-3-2-4-11(15)13(10)14/h2-4,9,12H,5-8,16H2,1H3. The normalized spacial score (nSPS) is 26.1. The first kappa shape index (κ1) is 13.0. The molecule has 2 rings (SSSR count). The summed E-state index contributed by atoms with van der Waals surface area (Å²) in [4.78, 5) is 2.34. The Morgan fingerprint density at radius 1 is 1.53 bits per heavy atom. The van der Waals surface area contributed by atoms with Crippen LogP contribution >= 0.6 is 15.9 Å². The number of rotatable bonds is 2. The Morgan fingerprint density at radius 3 is 3.00 bits per heavy atom. The second-order valence-electron chi connectivity index (χ2n) is 4.88. The van der Waals surface area contributed by atoms with Gasteiger partial charge in [0.15, 0.2) is 0 Å². The topological polar surface area (TPSA) is 29.3 Å². The molecule has 0 amide bonds. The Kier molecular flexibility index (Phi) is 4.17. The fourth-order valence-electron chi connectivity index (χ4n) is 2.31. The summed E-state index contributed by atoms with van der Waals surface area (Å²) in [7, 11) is 0. The largest absolute Gasteiger partial charge is 0.327 e. The number of nitrogens with two attached hydrogens (primary N) is 1. The number of hydrogen-bond acceptors (Lipinski definition) is 2. The summed E-state index contributed by atoms with van der Waals surface area (Å²) in [6.07, 6.45) is 1.02. The second kappa shape index (κ2) is 5.46. The van der Waals surface area contributed by atoms with E-state index in [1.807, 2.05) is 6.07 Å². The van der Waals surface area contributed by atoms with Gasteiger partial charge in [0.25, 0.3) is 0 Å². The zero-order valence-electron chi connectivity index (χ0n) is 10.00. The van der Waals surface area contributed by atoms with Crippen LogP contribution in [0.4, 0.5) is 4.39 Å². The van der Waals surface area contributed by atoms with Crippen LogP contribution in [-0.4, -0.2) is 24.0 Å². The summed E-state index contributed by atoms with van der Waals surface area (Å²) < 4.78 is 14.0. The molecule has 2 nitrogen and oxygen atoms in total. The Labute approximate surface area is 110 Å². The van der Waals surface area contributed by atoms with Crippen molar-refractivity contribution in [2.75, 3.05) is 13.1 Å². The number of nitrogens with zero attached hydrogens (tertiary/aromatic N) is 1. The van der Waals surface area contributed by atoms with E-state index in [1.165, 1.54) is 6.07 Å². The molecule has 94 valence electrons. The molecule has 0 radical (unpaired) electrons. The van der Waals surface area contributed by atoms with Crippen LogP contribution in [0, 0.1) is 11.7 Å². The van der Waals surface area contributed by atoms with Crippen molar-refractivity contribution in [3.63, 3.8) is 0 Å². The molecule has 0 bridgehead atoms. The summed E-state index contributed by atoms with van der Waals surface area (Å²) in [5.74, 6) is 0.320. The van der Waals surface area contributed by atoms with Crippen LogP contribution in [0.2, 0.25) is 0 Å². The lowest BCUT2D eigenvalue weighted by molar-refractivity contribution is 0.157. The van der Waals surface area contributed by atoms with E-state index < -0.39 is 0 Å². The van der Waals surface area contributed by atoms with Crippen molar-refractivity contribution in [1.29, 1.82) is 0 Å². The Balaban J connectivity index is 2.04. The SMILES string of the molecule is CC1CN(Cc2cccc(F)c2Br)CCC1N. The number of likely N-dealkylation sites (tertiary alicyclic amines) is 1. The Hall–Kier alpha value is -0.450. The van der Waals surface area contributed by atoms with Crippen molar-refractivity contribution >= 4 is 15.9 Å². The van der Waals surface area contributed by atoms with Crippen molar-refractivity contribution in [2.45, 2.75) is 25.9 Å². The molecule has 1 fully saturated rings. The molecule has 0 saturated carbocycles. The lowest BCUT2D eigenvalue weighted by Crippen LogP contribution is -2.45. The first-order chi connectivity index (χ1) is 8.08. The van der Waals surface area contributed by atoms with E-state index in [4.69, 9.17) is 5.73 Å². The van der Waals surface area contributed by atoms with E-state index in [-0.39, 0.29) is 5.82 Å². The molecule has 1 aliphatic rings. The molecule has 1 aromatic rings. The third kappa shape index (κ3) is 3.06. The quantitative estimate of drug-likeness (QED) is 0.910. The first-order valence-corrected chi connectivity index (χ1v) is 6.78. The van der Waals surface area contributed by atoms with E-state index in [9.17, 15) is 4.39 Å². The molecule has 2 N–H and O–H groups in total. The van der Waals surface area contributed by atoms with Crippen LogP contribution in [0.3, 0.4) is 0 Å². The fourth-order valence-corrected chi connectivity index (χ4v) is 2.69. The van der Waals surface area contributed by atoms with Crippen molar-refractivity contribution in [2.24, 2.45) is 11.7 Å². The molecule has 0 aromatic heterocycles. The molecule has 2 unspecified atom stereocenters. The van der Waals surface area contributed by atoms with Crippen molar-refractivity contribution < 1.29 is 4.39 Å². The summed E-state index contributed by atoms with van der Waals surface area (Å²) in [5.41, 5.74) is 7.00. The van der Waals surface area contributed by atoms with Crippen LogP contribution < -0.4 is 5.73 Å². The number of piperidine rings is 1. The van der Waals surface area contributed by atoms with Crippen LogP contribution in [0.15, 0.2) is 22.7 Å². The van der Waals surface area contributed by atoms with E-state index >= 15 is 0 Å². The van der Waals surface area contributed by atoms with Crippen LogP contribution in [-0.2, 0) is 6.54 Å². The minimum atomic E-state index is -0.191. The van der Waals surface area contributed by atoms with E-state index in [0.29, 0.717) is 16.4 Å². The maximum atomic E-state index is 13.4. The van der Waals surface area contributed by atoms with Crippen LogP contribution in [0.25, 0.3) is 0 Å².